The lowest BCUT2D eigenvalue weighted by Gasteiger charge is -2.44. The molecule has 41 heavy (non-hydrogen) atoms. The standard InChI is InChI=1S/C32H35F2NO5S/c1-31(2,3)40-30(36)35-15-13-32(14-16-35)12-11-24-17-23(9-10-29(24)39-32)25-18-27(33)26(28(34)19-25)21-41(37,38)20-22-7-5-4-6-8-22/h4-10,17-19H,11-16,20-21H2,1-3H3. The van der Waals surface area contributed by atoms with Gasteiger partial charge in [-0.25, -0.2) is 22.0 Å². The van der Waals surface area contributed by atoms with Gasteiger partial charge in [0.1, 0.15) is 28.6 Å². The number of fused-ring (bicyclic) bond motifs is 1. The molecule has 2 aliphatic rings. The second kappa shape index (κ2) is 11.1. The number of carbonyl (C=O) groups excluding carboxylic acids is 1. The van der Waals surface area contributed by atoms with Crippen molar-refractivity contribution in [1.29, 1.82) is 0 Å². The molecule has 0 atom stereocenters. The molecule has 0 aliphatic carbocycles. The average molecular weight is 584 g/mol. The summed E-state index contributed by atoms with van der Waals surface area (Å²) in [6.45, 7) is 6.64. The van der Waals surface area contributed by atoms with Crippen LogP contribution in [0.3, 0.4) is 0 Å². The summed E-state index contributed by atoms with van der Waals surface area (Å²) in [7, 11) is -3.78. The van der Waals surface area contributed by atoms with E-state index in [1.807, 2.05) is 32.9 Å². The van der Waals surface area contributed by atoms with Crippen LogP contribution in [0.2, 0.25) is 0 Å². The second-order valence-corrected chi connectivity index (χ2v) is 14.1. The van der Waals surface area contributed by atoms with E-state index in [0.717, 1.165) is 24.2 Å². The van der Waals surface area contributed by atoms with E-state index in [1.54, 1.807) is 41.3 Å². The van der Waals surface area contributed by atoms with Gasteiger partial charge in [0.05, 0.1) is 11.5 Å². The number of halogens is 2. The van der Waals surface area contributed by atoms with Crippen molar-refractivity contribution in [2.75, 3.05) is 13.1 Å². The topological polar surface area (TPSA) is 72.9 Å². The van der Waals surface area contributed by atoms with Crippen molar-refractivity contribution in [2.24, 2.45) is 0 Å². The Bertz CT molecular complexity index is 1520. The van der Waals surface area contributed by atoms with Crippen molar-refractivity contribution < 1.29 is 31.5 Å². The zero-order valence-corrected chi connectivity index (χ0v) is 24.4. The third-order valence-electron chi connectivity index (χ3n) is 7.63. The van der Waals surface area contributed by atoms with Crippen LogP contribution < -0.4 is 4.74 Å². The van der Waals surface area contributed by atoms with Gasteiger partial charge in [-0.3, -0.25) is 0 Å². The Hall–Kier alpha value is -3.46. The molecule has 1 saturated heterocycles. The van der Waals surface area contributed by atoms with Gasteiger partial charge in [0.2, 0.25) is 0 Å². The van der Waals surface area contributed by atoms with E-state index in [0.29, 0.717) is 42.6 Å². The SMILES string of the molecule is CC(C)(C)OC(=O)N1CCC2(CCc3cc(-c4cc(F)c(CS(=O)(=O)Cc5ccccc5)c(F)c4)ccc3O2)CC1. The van der Waals surface area contributed by atoms with E-state index >= 15 is 8.78 Å². The number of ether oxygens (including phenoxy) is 2. The van der Waals surface area contributed by atoms with Gasteiger partial charge in [0.25, 0.3) is 0 Å². The predicted octanol–water partition coefficient (Wildman–Crippen LogP) is 6.84. The summed E-state index contributed by atoms with van der Waals surface area (Å²) in [6.07, 6.45) is 2.58. The van der Waals surface area contributed by atoms with Gasteiger partial charge >= 0.3 is 6.09 Å². The highest BCUT2D eigenvalue weighted by Gasteiger charge is 2.41. The quantitative estimate of drug-likeness (QED) is 0.329. The van der Waals surface area contributed by atoms with Crippen molar-refractivity contribution in [2.45, 2.75) is 69.2 Å². The normalized spacial score (nSPS) is 16.7. The number of likely N-dealkylation sites (tertiary alicyclic amines) is 1. The summed E-state index contributed by atoms with van der Waals surface area (Å²) >= 11 is 0. The minimum atomic E-state index is -3.78. The number of nitrogens with zero attached hydrogens (tertiary/aromatic N) is 1. The fraction of sp³-hybridized carbons (Fsp3) is 0.406. The minimum absolute atomic E-state index is 0.292. The highest BCUT2D eigenvalue weighted by molar-refractivity contribution is 7.89. The van der Waals surface area contributed by atoms with Crippen LogP contribution in [-0.2, 0) is 32.5 Å². The molecule has 0 saturated carbocycles. The molecule has 0 radical (unpaired) electrons. The number of benzene rings is 3. The third-order valence-corrected chi connectivity index (χ3v) is 9.13. The number of carbonyl (C=O) groups is 1. The molecule has 0 bridgehead atoms. The first kappa shape index (κ1) is 29.0. The lowest BCUT2D eigenvalue weighted by atomic mass is 9.82. The predicted molar refractivity (Wildman–Crippen MR) is 153 cm³/mol. The first-order valence-corrected chi connectivity index (χ1v) is 15.7. The van der Waals surface area contributed by atoms with Crippen LogP contribution in [0.5, 0.6) is 5.75 Å². The third kappa shape index (κ3) is 6.89. The van der Waals surface area contributed by atoms with E-state index in [2.05, 4.69) is 0 Å². The molecule has 218 valence electrons. The minimum Gasteiger partial charge on any atom is -0.487 e. The van der Waals surface area contributed by atoms with Gasteiger partial charge in [-0.05, 0) is 80.1 Å². The zero-order valence-electron chi connectivity index (χ0n) is 23.6. The summed E-state index contributed by atoms with van der Waals surface area (Å²) in [5.41, 5.74) is 1.10. The molecule has 3 aromatic carbocycles. The van der Waals surface area contributed by atoms with Crippen LogP contribution in [0.1, 0.15) is 56.7 Å². The smallest absolute Gasteiger partial charge is 0.410 e. The van der Waals surface area contributed by atoms with Crippen molar-refractivity contribution in [3.63, 3.8) is 0 Å². The van der Waals surface area contributed by atoms with Crippen LogP contribution in [0.15, 0.2) is 60.7 Å². The molecule has 1 amide bonds. The Labute approximate surface area is 240 Å². The summed E-state index contributed by atoms with van der Waals surface area (Å²) < 4.78 is 67.4. The summed E-state index contributed by atoms with van der Waals surface area (Å²) in [4.78, 5) is 14.2. The first-order chi connectivity index (χ1) is 19.3. The largest absolute Gasteiger partial charge is 0.487 e. The van der Waals surface area contributed by atoms with E-state index < -0.39 is 38.4 Å². The lowest BCUT2D eigenvalue weighted by molar-refractivity contribution is -0.0272. The first-order valence-electron chi connectivity index (χ1n) is 13.8. The molecule has 0 N–H and O–H groups in total. The summed E-state index contributed by atoms with van der Waals surface area (Å²) in [5.74, 6) is -2.05. The summed E-state index contributed by atoms with van der Waals surface area (Å²) in [5, 5.41) is 0. The van der Waals surface area contributed by atoms with Crippen molar-refractivity contribution in [3.8, 4) is 16.9 Å². The maximum Gasteiger partial charge on any atom is 0.410 e. The maximum atomic E-state index is 15.1. The highest BCUT2D eigenvalue weighted by atomic mass is 32.2. The number of piperidine rings is 1. The Morgan fingerprint density at radius 1 is 0.927 bits per heavy atom. The number of hydrogen-bond donors (Lipinski definition) is 0. The Morgan fingerprint density at radius 2 is 1.59 bits per heavy atom. The van der Waals surface area contributed by atoms with Crippen LogP contribution >= 0.6 is 0 Å². The van der Waals surface area contributed by atoms with Crippen molar-refractivity contribution in [1.82, 2.24) is 4.90 Å². The molecular formula is C32H35F2NO5S. The van der Waals surface area contributed by atoms with Gasteiger partial charge in [0, 0.05) is 31.5 Å². The number of rotatable bonds is 5. The molecular weight excluding hydrogens is 548 g/mol. The Morgan fingerprint density at radius 3 is 2.22 bits per heavy atom. The highest BCUT2D eigenvalue weighted by Crippen LogP contribution is 2.41. The monoisotopic (exact) mass is 583 g/mol. The molecule has 6 nitrogen and oxygen atoms in total. The van der Waals surface area contributed by atoms with Gasteiger partial charge < -0.3 is 14.4 Å². The van der Waals surface area contributed by atoms with E-state index in [1.165, 1.54) is 12.1 Å². The molecule has 5 rings (SSSR count). The van der Waals surface area contributed by atoms with Gasteiger partial charge in [-0.1, -0.05) is 36.4 Å². The Kier molecular flexibility index (Phi) is 7.85. The van der Waals surface area contributed by atoms with Crippen LogP contribution in [0, 0.1) is 11.6 Å². The number of aryl methyl sites for hydroxylation is 1. The fourth-order valence-electron chi connectivity index (χ4n) is 5.48. The Balaban J connectivity index is 1.27. The van der Waals surface area contributed by atoms with Crippen LogP contribution in [0.25, 0.3) is 11.1 Å². The van der Waals surface area contributed by atoms with Crippen molar-refractivity contribution >= 4 is 15.9 Å². The molecule has 0 aromatic heterocycles. The summed E-state index contributed by atoms with van der Waals surface area (Å²) in [6, 6.07) is 16.4. The maximum absolute atomic E-state index is 15.1. The lowest BCUT2D eigenvalue weighted by Crippen LogP contribution is -2.52. The molecule has 9 heteroatoms. The van der Waals surface area contributed by atoms with Gasteiger partial charge in [-0.15, -0.1) is 0 Å². The van der Waals surface area contributed by atoms with E-state index in [-0.39, 0.29) is 17.4 Å². The number of hydrogen-bond acceptors (Lipinski definition) is 5. The van der Waals surface area contributed by atoms with Crippen LogP contribution in [0.4, 0.5) is 13.6 Å². The average Bonchev–Trinajstić information content (AvgIpc) is 2.90. The van der Waals surface area contributed by atoms with E-state index in [4.69, 9.17) is 9.47 Å². The molecule has 1 spiro atoms. The van der Waals surface area contributed by atoms with Gasteiger partial charge in [0.15, 0.2) is 9.84 Å². The molecule has 2 heterocycles. The van der Waals surface area contributed by atoms with Gasteiger partial charge in [-0.2, -0.15) is 0 Å². The molecule has 0 unspecified atom stereocenters. The number of sulfone groups is 1. The molecule has 1 fully saturated rings. The molecule has 3 aromatic rings. The van der Waals surface area contributed by atoms with Crippen LogP contribution in [-0.4, -0.2) is 43.7 Å². The molecule has 2 aliphatic heterocycles. The van der Waals surface area contributed by atoms with E-state index in [9.17, 15) is 13.2 Å². The van der Waals surface area contributed by atoms with Crippen molar-refractivity contribution in [3.05, 3.63) is 89.0 Å². The zero-order chi connectivity index (χ0) is 29.4. The number of amides is 1. The second-order valence-electron chi connectivity index (χ2n) is 12.0. The fourth-order valence-corrected chi connectivity index (χ4v) is 7.00.